The van der Waals surface area contributed by atoms with Gasteiger partial charge in [0.25, 0.3) is 0 Å². The molecule has 0 aliphatic carbocycles. The van der Waals surface area contributed by atoms with Crippen molar-refractivity contribution in [3.8, 4) is 0 Å². The lowest BCUT2D eigenvalue weighted by Gasteiger charge is -2.32. The molecule has 0 radical (unpaired) electrons. The third-order valence-corrected chi connectivity index (χ3v) is 7.16. The molecule has 3 atom stereocenters. The van der Waals surface area contributed by atoms with Crippen LogP contribution in [0.3, 0.4) is 0 Å². The molecule has 4 heterocycles. The van der Waals surface area contributed by atoms with Crippen LogP contribution in [0.25, 0.3) is 0 Å². The van der Waals surface area contributed by atoms with Crippen molar-refractivity contribution in [1.82, 2.24) is 9.88 Å². The average Bonchev–Trinajstić information content (AvgIpc) is 3.45. The predicted molar refractivity (Wildman–Crippen MR) is 113 cm³/mol. The molecule has 0 saturated carbocycles. The van der Waals surface area contributed by atoms with Crippen LogP contribution in [0, 0.1) is 0 Å². The molecule has 0 unspecified atom stereocenters. The standard InChI is InChI=1S/C22H26N4S/c1-2-17-15-27-22-24-20(19-7-3-4-12-23-19)21(26(17)22)16-8-10-18(11-9-16)25-13-5-6-14-25/h3-4,7-12,17,20-21H,2,5-6,13-15H2,1H3/t17-,20-,21+/m1/s1. The number of anilines is 1. The Kier molecular flexibility index (Phi) is 4.56. The van der Waals surface area contributed by atoms with Crippen LogP contribution in [-0.4, -0.2) is 39.9 Å². The van der Waals surface area contributed by atoms with Crippen molar-refractivity contribution in [2.75, 3.05) is 23.7 Å². The van der Waals surface area contributed by atoms with Gasteiger partial charge in [0, 0.05) is 36.8 Å². The number of amidine groups is 1. The highest BCUT2D eigenvalue weighted by Gasteiger charge is 2.45. The molecule has 1 aromatic heterocycles. The van der Waals surface area contributed by atoms with Gasteiger partial charge in [0.1, 0.15) is 6.04 Å². The molecule has 2 aromatic rings. The number of aromatic nitrogens is 1. The second-order valence-electron chi connectivity index (χ2n) is 7.62. The number of fused-ring (bicyclic) bond motifs is 1. The summed E-state index contributed by atoms with van der Waals surface area (Å²) in [6.45, 7) is 4.66. The van der Waals surface area contributed by atoms with Gasteiger partial charge in [0.05, 0.1) is 11.7 Å². The molecule has 4 nitrogen and oxygen atoms in total. The van der Waals surface area contributed by atoms with E-state index >= 15 is 0 Å². The topological polar surface area (TPSA) is 31.7 Å². The van der Waals surface area contributed by atoms with Crippen molar-refractivity contribution in [3.63, 3.8) is 0 Å². The van der Waals surface area contributed by atoms with Crippen LogP contribution >= 0.6 is 11.8 Å². The summed E-state index contributed by atoms with van der Waals surface area (Å²) < 4.78 is 0. The molecular weight excluding hydrogens is 352 g/mol. The number of benzene rings is 1. The molecule has 5 heteroatoms. The van der Waals surface area contributed by atoms with Gasteiger partial charge in [-0.05, 0) is 49.1 Å². The van der Waals surface area contributed by atoms with Gasteiger partial charge >= 0.3 is 0 Å². The second kappa shape index (κ2) is 7.19. The van der Waals surface area contributed by atoms with E-state index in [1.807, 2.05) is 24.0 Å². The minimum atomic E-state index is 0.0840. The van der Waals surface area contributed by atoms with E-state index < -0.39 is 0 Å². The third-order valence-electron chi connectivity index (χ3n) is 6.04. The Morgan fingerprint density at radius 3 is 2.59 bits per heavy atom. The van der Waals surface area contributed by atoms with Crippen LogP contribution in [0.1, 0.15) is 49.5 Å². The lowest BCUT2D eigenvalue weighted by molar-refractivity contribution is 0.255. The maximum Gasteiger partial charge on any atom is 0.160 e. The van der Waals surface area contributed by atoms with Crippen LogP contribution < -0.4 is 4.90 Å². The Hall–Kier alpha value is -2.01. The normalized spacial score (nSPS) is 27.1. The fourth-order valence-electron chi connectivity index (χ4n) is 4.57. The molecule has 0 N–H and O–H groups in total. The Balaban J connectivity index is 1.50. The summed E-state index contributed by atoms with van der Waals surface area (Å²) >= 11 is 1.91. The highest BCUT2D eigenvalue weighted by Crippen LogP contribution is 2.48. The number of rotatable bonds is 4. The minimum absolute atomic E-state index is 0.0840. The Morgan fingerprint density at radius 2 is 1.89 bits per heavy atom. The maximum atomic E-state index is 5.11. The number of hydrogen-bond donors (Lipinski definition) is 0. The van der Waals surface area contributed by atoms with Gasteiger partial charge in [-0.1, -0.05) is 36.9 Å². The highest BCUT2D eigenvalue weighted by molar-refractivity contribution is 8.14. The number of nitrogens with zero attached hydrogens (tertiary/aromatic N) is 4. The van der Waals surface area contributed by atoms with Crippen molar-refractivity contribution in [3.05, 3.63) is 59.9 Å². The van der Waals surface area contributed by atoms with Crippen molar-refractivity contribution in [1.29, 1.82) is 0 Å². The number of pyridine rings is 1. The zero-order valence-corrected chi connectivity index (χ0v) is 16.6. The molecular formula is C22H26N4S. The van der Waals surface area contributed by atoms with E-state index in [-0.39, 0.29) is 12.1 Å². The molecule has 2 saturated heterocycles. The van der Waals surface area contributed by atoms with E-state index in [2.05, 4.69) is 58.1 Å². The summed E-state index contributed by atoms with van der Waals surface area (Å²) in [5.41, 5.74) is 3.78. The molecule has 0 bridgehead atoms. The molecule has 3 aliphatic rings. The van der Waals surface area contributed by atoms with Crippen LogP contribution in [0.5, 0.6) is 0 Å². The third kappa shape index (κ3) is 3.02. The largest absolute Gasteiger partial charge is 0.372 e. The van der Waals surface area contributed by atoms with E-state index in [1.54, 1.807) is 0 Å². The zero-order chi connectivity index (χ0) is 18.2. The molecule has 1 aromatic carbocycles. The number of aliphatic imine (C=N–C) groups is 1. The first-order valence-electron chi connectivity index (χ1n) is 10.1. The minimum Gasteiger partial charge on any atom is -0.372 e. The summed E-state index contributed by atoms with van der Waals surface area (Å²) in [6, 6.07) is 16.3. The van der Waals surface area contributed by atoms with Crippen LogP contribution in [-0.2, 0) is 0 Å². The van der Waals surface area contributed by atoms with Crippen molar-refractivity contribution < 1.29 is 0 Å². The fraction of sp³-hybridized carbons (Fsp3) is 0.455. The van der Waals surface area contributed by atoms with Crippen molar-refractivity contribution in [2.45, 2.75) is 44.3 Å². The monoisotopic (exact) mass is 378 g/mol. The van der Waals surface area contributed by atoms with Crippen LogP contribution in [0.2, 0.25) is 0 Å². The first-order valence-corrected chi connectivity index (χ1v) is 11.1. The van der Waals surface area contributed by atoms with Gasteiger partial charge in [-0.25, -0.2) is 0 Å². The van der Waals surface area contributed by atoms with E-state index in [4.69, 9.17) is 4.99 Å². The van der Waals surface area contributed by atoms with Gasteiger partial charge in [-0.15, -0.1) is 0 Å². The molecule has 27 heavy (non-hydrogen) atoms. The molecule has 3 aliphatic heterocycles. The molecule has 2 fully saturated rings. The number of thioether (sulfide) groups is 1. The molecule has 0 spiro atoms. The smallest absolute Gasteiger partial charge is 0.160 e. The van der Waals surface area contributed by atoms with E-state index in [0.29, 0.717) is 6.04 Å². The fourth-order valence-corrected chi connectivity index (χ4v) is 5.90. The average molecular weight is 379 g/mol. The molecule has 140 valence electrons. The predicted octanol–water partition coefficient (Wildman–Crippen LogP) is 4.66. The zero-order valence-electron chi connectivity index (χ0n) is 15.8. The van der Waals surface area contributed by atoms with Gasteiger partial charge in [-0.3, -0.25) is 9.98 Å². The van der Waals surface area contributed by atoms with Gasteiger partial charge in [-0.2, -0.15) is 0 Å². The van der Waals surface area contributed by atoms with Gasteiger partial charge in [0.2, 0.25) is 0 Å². The first kappa shape index (κ1) is 17.1. The summed E-state index contributed by atoms with van der Waals surface area (Å²) in [4.78, 5) is 14.8. The first-order chi connectivity index (χ1) is 13.3. The Labute approximate surface area is 165 Å². The molecule has 0 amide bonds. The van der Waals surface area contributed by atoms with Crippen LogP contribution in [0.15, 0.2) is 53.7 Å². The van der Waals surface area contributed by atoms with E-state index in [0.717, 1.165) is 17.9 Å². The SMILES string of the molecule is CC[C@@H]1CSC2=N[C@H](c3ccccn3)[C@H](c3ccc(N4CCCC4)cc3)N21. The lowest BCUT2D eigenvalue weighted by Crippen LogP contribution is -2.35. The van der Waals surface area contributed by atoms with E-state index in [1.165, 1.54) is 42.3 Å². The second-order valence-corrected chi connectivity index (χ2v) is 8.61. The maximum absolute atomic E-state index is 5.11. The van der Waals surface area contributed by atoms with Gasteiger partial charge < -0.3 is 9.80 Å². The van der Waals surface area contributed by atoms with E-state index in [9.17, 15) is 0 Å². The summed E-state index contributed by atoms with van der Waals surface area (Å²) in [5.74, 6) is 1.15. The summed E-state index contributed by atoms with van der Waals surface area (Å²) in [7, 11) is 0. The Morgan fingerprint density at radius 1 is 1.07 bits per heavy atom. The molecule has 5 rings (SSSR count). The van der Waals surface area contributed by atoms with Crippen LogP contribution in [0.4, 0.5) is 5.69 Å². The van der Waals surface area contributed by atoms with Gasteiger partial charge in [0.15, 0.2) is 5.17 Å². The Bertz CT molecular complexity index is 814. The summed E-state index contributed by atoms with van der Waals surface area (Å²) in [5, 5.41) is 1.20. The van der Waals surface area contributed by atoms with Crippen molar-refractivity contribution in [2.24, 2.45) is 4.99 Å². The lowest BCUT2D eigenvalue weighted by atomic mass is 9.95. The highest BCUT2D eigenvalue weighted by atomic mass is 32.2. The summed E-state index contributed by atoms with van der Waals surface area (Å²) in [6.07, 6.45) is 5.67. The number of hydrogen-bond acceptors (Lipinski definition) is 5. The van der Waals surface area contributed by atoms with Crippen molar-refractivity contribution >= 4 is 22.6 Å². The quantitative estimate of drug-likeness (QED) is 0.774.